The van der Waals surface area contributed by atoms with Crippen molar-refractivity contribution in [2.45, 2.75) is 58.3 Å². The number of rotatable bonds is 7. The molecule has 3 aliphatic rings. The van der Waals surface area contributed by atoms with Gasteiger partial charge in [0.2, 0.25) is 0 Å². The summed E-state index contributed by atoms with van der Waals surface area (Å²) < 4.78 is 5.61. The van der Waals surface area contributed by atoms with Crippen LogP contribution in [0.2, 0.25) is 0 Å². The Morgan fingerprint density at radius 2 is 2.06 bits per heavy atom. The molecule has 5 nitrogen and oxygen atoms in total. The summed E-state index contributed by atoms with van der Waals surface area (Å²) in [4.78, 5) is 21.5. The van der Waals surface area contributed by atoms with E-state index in [1.807, 2.05) is 11.0 Å². The first-order chi connectivity index (χ1) is 16.0. The quantitative estimate of drug-likeness (QED) is 0.673. The van der Waals surface area contributed by atoms with E-state index in [4.69, 9.17) is 4.74 Å². The van der Waals surface area contributed by atoms with E-state index in [2.05, 4.69) is 48.9 Å². The number of carbonyl (C=O) groups is 1. The molecule has 0 bridgehead atoms. The Morgan fingerprint density at radius 1 is 1.27 bits per heavy atom. The van der Waals surface area contributed by atoms with Crippen molar-refractivity contribution in [2.24, 2.45) is 11.8 Å². The van der Waals surface area contributed by atoms with E-state index in [0.29, 0.717) is 5.92 Å². The summed E-state index contributed by atoms with van der Waals surface area (Å²) >= 11 is 0. The number of carbonyl (C=O) groups excluding carboxylic acids is 1. The smallest absolute Gasteiger partial charge is 0.270 e. The highest BCUT2D eigenvalue weighted by atomic mass is 16.5. The number of aromatic nitrogens is 1. The average molecular weight is 450 g/mol. The van der Waals surface area contributed by atoms with E-state index in [9.17, 15) is 4.79 Å². The highest BCUT2D eigenvalue weighted by Crippen LogP contribution is 2.49. The van der Waals surface area contributed by atoms with Crippen LogP contribution in [-0.2, 0) is 18.3 Å². The highest BCUT2D eigenvalue weighted by molar-refractivity contribution is 5.94. The summed E-state index contributed by atoms with van der Waals surface area (Å²) in [5.74, 6) is 2.55. The van der Waals surface area contributed by atoms with Gasteiger partial charge in [0, 0.05) is 37.3 Å². The molecule has 1 amide bonds. The number of fused-ring (bicyclic) bond motifs is 2. The Labute approximate surface area is 198 Å². The van der Waals surface area contributed by atoms with Crippen molar-refractivity contribution in [2.75, 3.05) is 39.8 Å². The van der Waals surface area contributed by atoms with Gasteiger partial charge >= 0.3 is 0 Å². The summed E-state index contributed by atoms with van der Waals surface area (Å²) in [7, 11) is 1.75. The first kappa shape index (κ1) is 22.5. The molecule has 1 aromatic carbocycles. The van der Waals surface area contributed by atoms with Crippen LogP contribution in [0.25, 0.3) is 0 Å². The van der Waals surface area contributed by atoms with Crippen molar-refractivity contribution in [3.05, 3.63) is 52.3 Å². The molecule has 1 saturated carbocycles. The molecule has 1 aromatic heterocycles. The molecule has 2 fully saturated rings. The Hall–Kier alpha value is -2.27. The van der Waals surface area contributed by atoms with Gasteiger partial charge in [0.15, 0.2) is 0 Å². The maximum atomic E-state index is 13.2. The molecule has 2 atom stereocenters. The van der Waals surface area contributed by atoms with Gasteiger partial charge < -0.3 is 19.5 Å². The molecule has 33 heavy (non-hydrogen) atoms. The molecule has 1 aliphatic heterocycles. The lowest BCUT2D eigenvalue weighted by Crippen LogP contribution is -2.54. The number of H-pyrrole nitrogens is 1. The minimum atomic E-state index is 0.0917. The Balaban J connectivity index is 1.53. The molecule has 0 radical (unpaired) electrons. The molecular weight excluding hydrogens is 410 g/mol. The standard InChI is InChI=1S/C28H39N3O2/c1-5-31(6-2)27(32)26-19(3)24-15-22-18-30(17-20-10-11-20)13-12-28(22,16-25(24)29-26)21-8-7-9-23(14-21)33-4/h7-9,14,20,22,29H,5-6,10-13,15-18H2,1-4H3. The molecule has 2 aliphatic carbocycles. The normalized spacial score (nSPS) is 24.8. The number of amides is 1. The third-order valence-corrected chi connectivity index (χ3v) is 8.67. The second-order valence-electron chi connectivity index (χ2n) is 10.5. The van der Waals surface area contributed by atoms with Crippen molar-refractivity contribution < 1.29 is 9.53 Å². The fourth-order valence-electron chi connectivity index (χ4n) is 6.45. The number of likely N-dealkylation sites (tertiary alicyclic amines) is 1. The predicted molar refractivity (Wildman–Crippen MR) is 132 cm³/mol. The van der Waals surface area contributed by atoms with Crippen LogP contribution in [0.5, 0.6) is 5.75 Å². The Bertz CT molecular complexity index is 1020. The molecule has 2 aromatic rings. The molecule has 0 spiro atoms. The summed E-state index contributed by atoms with van der Waals surface area (Å²) in [5.41, 5.74) is 6.12. The molecule has 2 heterocycles. The van der Waals surface area contributed by atoms with Crippen LogP contribution < -0.4 is 4.74 Å². The number of nitrogens with one attached hydrogen (secondary N) is 1. The first-order valence-electron chi connectivity index (χ1n) is 12.9. The maximum Gasteiger partial charge on any atom is 0.270 e. The number of ether oxygens (including phenoxy) is 1. The van der Waals surface area contributed by atoms with E-state index < -0.39 is 0 Å². The zero-order valence-corrected chi connectivity index (χ0v) is 20.7. The summed E-state index contributed by atoms with van der Waals surface area (Å²) in [5, 5.41) is 0. The zero-order valence-electron chi connectivity index (χ0n) is 20.7. The molecular formula is C28H39N3O2. The van der Waals surface area contributed by atoms with Crippen LogP contribution in [0.1, 0.15) is 66.0 Å². The van der Waals surface area contributed by atoms with Crippen molar-refractivity contribution >= 4 is 5.91 Å². The fourth-order valence-corrected chi connectivity index (χ4v) is 6.45. The van der Waals surface area contributed by atoms with Gasteiger partial charge in [-0.05, 0) is 100 Å². The van der Waals surface area contributed by atoms with Crippen LogP contribution in [0.15, 0.2) is 24.3 Å². The maximum absolute atomic E-state index is 13.2. The molecule has 5 rings (SSSR count). The lowest BCUT2D eigenvalue weighted by atomic mass is 9.58. The van der Waals surface area contributed by atoms with Gasteiger partial charge in [0.05, 0.1) is 7.11 Å². The number of piperidine rings is 1. The largest absolute Gasteiger partial charge is 0.497 e. The number of hydrogen-bond acceptors (Lipinski definition) is 3. The van der Waals surface area contributed by atoms with Crippen LogP contribution in [0, 0.1) is 18.8 Å². The number of benzene rings is 1. The number of methoxy groups -OCH3 is 1. The van der Waals surface area contributed by atoms with Gasteiger partial charge in [-0.1, -0.05) is 12.1 Å². The van der Waals surface area contributed by atoms with Crippen LogP contribution in [0.3, 0.4) is 0 Å². The topological polar surface area (TPSA) is 48.6 Å². The summed E-state index contributed by atoms with van der Waals surface area (Å²) in [6.07, 6.45) is 5.99. The van der Waals surface area contributed by atoms with Gasteiger partial charge in [-0.25, -0.2) is 0 Å². The van der Waals surface area contributed by atoms with Crippen molar-refractivity contribution in [3.8, 4) is 5.75 Å². The molecule has 1 N–H and O–H groups in total. The number of hydrogen-bond donors (Lipinski definition) is 1. The molecule has 5 heteroatoms. The van der Waals surface area contributed by atoms with Crippen LogP contribution in [0.4, 0.5) is 0 Å². The van der Waals surface area contributed by atoms with Crippen molar-refractivity contribution in [1.29, 1.82) is 0 Å². The lowest BCUT2D eigenvalue weighted by Gasteiger charge is -2.51. The van der Waals surface area contributed by atoms with Gasteiger partial charge in [-0.2, -0.15) is 0 Å². The number of nitrogens with zero attached hydrogens (tertiary/aromatic N) is 2. The second kappa shape index (κ2) is 8.83. The van der Waals surface area contributed by atoms with E-state index in [-0.39, 0.29) is 11.3 Å². The number of aromatic amines is 1. The lowest BCUT2D eigenvalue weighted by molar-refractivity contribution is 0.0764. The summed E-state index contributed by atoms with van der Waals surface area (Å²) in [6.45, 7) is 11.3. The van der Waals surface area contributed by atoms with Gasteiger partial charge in [0.1, 0.15) is 11.4 Å². The fraction of sp³-hybridized carbons (Fsp3) is 0.607. The average Bonchev–Trinajstić information content (AvgIpc) is 3.60. The Kier molecular flexibility index (Phi) is 6.02. The minimum absolute atomic E-state index is 0.0917. The second-order valence-corrected chi connectivity index (χ2v) is 10.5. The predicted octanol–water partition coefficient (Wildman–Crippen LogP) is 4.58. The van der Waals surface area contributed by atoms with Crippen LogP contribution in [-0.4, -0.2) is 60.5 Å². The Morgan fingerprint density at radius 3 is 2.76 bits per heavy atom. The zero-order chi connectivity index (χ0) is 23.2. The van der Waals surface area contributed by atoms with Gasteiger partial charge in [0.25, 0.3) is 5.91 Å². The van der Waals surface area contributed by atoms with E-state index in [0.717, 1.165) is 62.8 Å². The van der Waals surface area contributed by atoms with Crippen molar-refractivity contribution in [3.63, 3.8) is 0 Å². The van der Waals surface area contributed by atoms with Crippen LogP contribution >= 0.6 is 0 Å². The first-order valence-corrected chi connectivity index (χ1v) is 12.9. The third-order valence-electron chi connectivity index (χ3n) is 8.67. The molecule has 1 saturated heterocycles. The van der Waals surface area contributed by atoms with Crippen molar-refractivity contribution in [1.82, 2.24) is 14.8 Å². The van der Waals surface area contributed by atoms with Gasteiger partial charge in [-0.15, -0.1) is 0 Å². The van der Waals surface area contributed by atoms with E-state index in [1.54, 1.807) is 7.11 Å². The minimum Gasteiger partial charge on any atom is -0.497 e. The SMILES string of the molecule is CCN(CC)C(=O)c1[nH]c2c(c1C)CC1CN(CC3CC3)CCC1(c1cccc(OC)c1)C2. The molecule has 2 unspecified atom stereocenters. The highest BCUT2D eigenvalue weighted by Gasteiger charge is 2.49. The monoisotopic (exact) mass is 449 g/mol. The van der Waals surface area contributed by atoms with E-state index in [1.165, 1.54) is 41.8 Å². The third kappa shape index (κ3) is 3.99. The molecule has 178 valence electrons. The van der Waals surface area contributed by atoms with Gasteiger partial charge in [-0.3, -0.25) is 4.79 Å². The summed E-state index contributed by atoms with van der Waals surface area (Å²) in [6, 6.07) is 8.74. The van der Waals surface area contributed by atoms with E-state index >= 15 is 0 Å².